The van der Waals surface area contributed by atoms with Crippen LogP contribution in [0.2, 0.25) is 0 Å². The van der Waals surface area contributed by atoms with Crippen molar-refractivity contribution in [2.45, 2.75) is 20.0 Å². The van der Waals surface area contributed by atoms with Crippen molar-refractivity contribution in [3.63, 3.8) is 0 Å². The number of hydrogen-bond donors (Lipinski definition) is 1. The fourth-order valence-corrected chi connectivity index (χ4v) is 3.92. The van der Waals surface area contributed by atoms with Crippen molar-refractivity contribution in [2.24, 2.45) is 0 Å². The maximum absolute atomic E-state index is 13.4. The van der Waals surface area contributed by atoms with Crippen LogP contribution in [0.5, 0.6) is 5.75 Å². The van der Waals surface area contributed by atoms with Gasteiger partial charge in [-0.2, -0.15) is 0 Å². The van der Waals surface area contributed by atoms with E-state index >= 15 is 0 Å². The third kappa shape index (κ3) is 6.71. The van der Waals surface area contributed by atoms with Gasteiger partial charge < -0.3 is 24.6 Å². The van der Waals surface area contributed by atoms with Crippen molar-refractivity contribution < 1.29 is 23.5 Å². The molecule has 36 heavy (non-hydrogen) atoms. The van der Waals surface area contributed by atoms with Crippen molar-refractivity contribution in [3.05, 3.63) is 83.8 Å². The van der Waals surface area contributed by atoms with Crippen molar-refractivity contribution in [1.82, 2.24) is 9.88 Å². The van der Waals surface area contributed by atoms with E-state index in [0.29, 0.717) is 43.2 Å². The minimum atomic E-state index is -0.390. The van der Waals surface area contributed by atoms with Crippen LogP contribution in [-0.2, 0) is 11.3 Å². The zero-order chi connectivity index (χ0) is 25.3. The van der Waals surface area contributed by atoms with Gasteiger partial charge in [0.15, 0.2) is 0 Å². The zero-order valence-electron chi connectivity index (χ0n) is 20.2. The number of benzene rings is 2. The molecule has 1 saturated heterocycles. The molecule has 1 aromatic heterocycles. The Hall–Kier alpha value is -4.14. The zero-order valence-corrected chi connectivity index (χ0v) is 20.2. The summed E-state index contributed by atoms with van der Waals surface area (Å²) >= 11 is 0. The van der Waals surface area contributed by atoms with Gasteiger partial charge in [0.05, 0.1) is 12.2 Å². The molecule has 1 N–H and O–H groups in total. The Morgan fingerprint density at radius 2 is 1.89 bits per heavy atom. The first-order chi connectivity index (χ1) is 17.5. The van der Waals surface area contributed by atoms with E-state index in [2.05, 4.69) is 15.2 Å². The van der Waals surface area contributed by atoms with Crippen molar-refractivity contribution in [1.29, 1.82) is 0 Å². The Labute approximate surface area is 209 Å². The first kappa shape index (κ1) is 25.0. The quantitative estimate of drug-likeness (QED) is 0.481. The molecular formula is C27H29FN4O4. The van der Waals surface area contributed by atoms with Gasteiger partial charge >= 0.3 is 12.0 Å². The summed E-state index contributed by atoms with van der Waals surface area (Å²) in [5.74, 6) is 0.640. The molecule has 0 radical (unpaired) electrons. The lowest BCUT2D eigenvalue weighted by molar-refractivity contribution is 0.0526. The highest BCUT2D eigenvalue weighted by Gasteiger charge is 2.20. The molecule has 3 aromatic rings. The van der Waals surface area contributed by atoms with E-state index in [1.54, 1.807) is 60.4 Å². The minimum Gasteiger partial charge on any atom is -0.489 e. The van der Waals surface area contributed by atoms with Gasteiger partial charge in [0, 0.05) is 44.1 Å². The maximum Gasteiger partial charge on any atom is 0.339 e. The normalized spacial score (nSPS) is 13.6. The highest BCUT2D eigenvalue weighted by atomic mass is 19.1. The van der Waals surface area contributed by atoms with Crippen molar-refractivity contribution in [2.75, 3.05) is 43.0 Å². The monoisotopic (exact) mass is 492 g/mol. The average Bonchev–Trinajstić information content (AvgIpc) is 3.15. The van der Waals surface area contributed by atoms with E-state index in [1.807, 2.05) is 0 Å². The Balaban J connectivity index is 1.30. The first-order valence-electron chi connectivity index (χ1n) is 11.9. The van der Waals surface area contributed by atoms with Gasteiger partial charge in [-0.25, -0.2) is 19.0 Å². The molecule has 0 saturated carbocycles. The van der Waals surface area contributed by atoms with Crippen LogP contribution in [-0.4, -0.2) is 54.7 Å². The third-order valence-electron chi connectivity index (χ3n) is 5.75. The van der Waals surface area contributed by atoms with Crippen LogP contribution in [0.15, 0.2) is 66.9 Å². The average molecular weight is 493 g/mol. The smallest absolute Gasteiger partial charge is 0.339 e. The molecule has 2 amide bonds. The number of amides is 2. The van der Waals surface area contributed by atoms with E-state index in [0.717, 1.165) is 24.3 Å². The largest absolute Gasteiger partial charge is 0.489 e. The number of urea groups is 1. The summed E-state index contributed by atoms with van der Waals surface area (Å²) in [6.07, 6.45) is 2.30. The molecule has 2 aromatic carbocycles. The Morgan fingerprint density at radius 1 is 1.03 bits per heavy atom. The number of pyridine rings is 1. The molecule has 1 aliphatic rings. The fourth-order valence-electron chi connectivity index (χ4n) is 3.92. The number of rotatable bonds is 7. The molecule has 0 unspecified atom stereocenters. The summed E-state index contributed by atoms with van der Waals surface area (Å²) in [4.78, 5) is 33.0. The number of carbonyl (C=O) groups is 2. The van der Waals surface area contributed by atoms with E-state index in [9.17, 15) is 14.0 Å². The number of halogens is 1. The van der Waals surface area contributed by atoms with E-state index in [4.69, 9.17) is 9.47 Å². The molecular weight excluding hydrogens is 463 g/mol. The van der Waals surface area contributed by atoms with Gasteiger partial charge in [-0.15, -0.1) is 0 Å². The van der Waals surface area contributed by atoms with Crippen LogP contribution in [0.1, 0.15) is 29.3 Å². The van der Waals surface area contributed by atoms with E-state index < -0.39 is 5.97 Å². The summed E-state index contributed by atoms with van der Waals surface area (Å²) in [6.45, 7) is 4.82. The van der Waals surface area contributed by atoms with Gasteiger partial charge in [-0.1, -0.05) is 18.2 Å². The fraction of sp³-hybridized carbons (Fsp3) is 0.296. The van der Waals surface area contributed by atoms with Crippen molar-refractivity contribution >= 4 is 23.5 Å². The number of hydrogen-bond acceptors (Lipinski definition) is 6. The van der Waals surface area contributed by atoms with Gasteiger partial charge in [-0.05, 0) is 55.3 Å². The topological polar surface area (TPSA) is 84.0 Å². The number of carbonyl (C=O) groups excluding carboxylic acids is 2. The molecule has 2 heterocycles. The Morgan fingerprint density at radius 3 is 2.67 bits per heavy atom. The lowest BCUT2D eigenvalue weighted by atomic mass is 10.2. The van der Waals surface area contributed by atoms with Crippen LogP contribution in [0.3, 0.4) is 0 Å². The lowest BCUT2D eigenvalue weighted by Crippen LogP contribution is -2.38. The van der Waals surface area contributed by atoms with Gasteiger partial charge in [0.2, 0.25) is 0 Å². The molecule has 9 heteroatoms. The molecule has 1 fully saturated rings. The SMILES string of the molecule is CCOC(=O)c1ccc(N2CCCN(C(=O)Nc3cccc(OCc4cccc(F)c4)c3)CC2)nc1. The highest BCUT2D eigenvalue weighted by Crippen LogP contribution is 2.20. The molecule has 0 bridgehead atoms. The molecule has 1 aliphatic heterocycles. The molecule has 188 valence electrons. The summed E-state index contributed by atoms with van der Waals surface area (Å²) < 4.78 is 24.1. The maximum atomic E-state index is 13.4. The summed E-state index contributed by atoms with van der Waals surface area (Å²) in [6, 6.07) is 16.7. The number of ether oxygens (including phenoxy) is 2. The molecule has 0 aliphatic carbocycles. The number of nitrogens with one attached hydrogen (secondary N) is 1. The second-order valence-corrected chi connectivity index (χ2v) is 8.33. The number of anilines is 2. The standard InChI is InChI=1S/C27H29FN4O4/c1-2-35-26(33)21-10-11-25(29-18-21)31-12-5-13-32(15-14-31)27(34)30-23-8-4-9-24(17-23)36-19-20-6-3-7-22(28)16-20/h3-4,6-11,16-18H,2,5,12-15,19H2,1H3,(H,30,34). The molecule has 4 rings (SSSR count). The van der Waals surface area contributed by atoms with Crippen LogP contribution < -0.4 is 15.0 Å². The molecule has 8 nitrogen and oxygen atoms in total. The summed E-state index contributed by atoms with van der Waals surface area (Å²) in [5.41, 5.74) is 1.76. The third-order valence-corrected chi connectivity index (χ3v) is 5.75. The molecule has 0 atom stereocenters. The van der Waals surface area contributed by atoms with Crippen LogP contribution >= 0.6 is 0 Å². The number of nitrogens with zero attached hydrogens (tertiary/aromatic N) is 3. The number of aromatic nitrogens is 1. The van der Waals surface area contributed by atoms with Gasteiger partial charge in [0.1, 0.15) is 24.0 Å². The summed E-state index contributed by atoms with van der Waals surface area (Å²) in [7, 11) is 0. The second kappa shape index (κ2) is 12.0. The Kier molecular flexibility index (Phi) is 8.33. The summed E-state index contributed by atoms with van der Waals surface area (Å²) in [5, 5.41) is 2.94. The lowest BCUT2D eigenvalue weighted by Gasteiger charge is -2.23. The van der Waals surface area contributed by atoms with Gasteiger partial charge in [-0.3, -0.25) is 0 Å². The Bertz CT molecular complexity index is 1190. The highest BCUT2D eigenvalue weighted by molar-refractivity contribution is 5.90. The molecule has 0 spiro atoms. The predicted molar refractivity (Wildman–Crippen MR) is 135 cm³/mol. The van der Waals surface area contributed by atoms with E-state index in [1.165, 1.54) is 18.3 Å². The van der Waals surface area contributed by atoms with Crippen molar-refractivity contribution in [3.8, 4) is 5.75 Å². The van der Waals surface area contributed by atoms with E-state index in [-0.39, 0.29) is 18.5 Å². The number of esters is 1. The van der Waals surface area contributed by atoms with Crippen LogP contribution in [0, 0.1) is 5.82 Å². The minimum absolute atomic E-state index is 0.190. The second-order valence-electron chi connectivity index (χ2n) is 8.33. The predicted octanol–water partition coefficient (Wildman–Crippen LogP) is 4.72. The van der Waals surface area contributed by atoms with Crippen LogP contribution in [0.4, 0.5) is 20.7 Å². The van der Waals surface area contributed by atoms with Crippen LogP contribution in [0.25, 0.3) is 0 Å². The van der Waals surface area contributed by atoms with Gasteiger partial charge in [0.25, 0.3) is 0 Å². The first-order valence-corrected chi connectivity index (χ1v) is 11.9.